The maximum absolute atomic E-state index is 6.53. The molecule has 0 spiro atoms. The van der Waals surface area contributed by atoms with E-state index in [1.165, 1.54) is 42.1 Å². The summed E-state index contributed by atoms with van der Waals surface area (Å²) >= 11 is 1.83. The van der Waals surface area contributed by atoms with Gasteiger partial charge in [0.15, 0.2) is 0 Å². The predicted octanol–water partition coefficient (Wildman–Crippen LogP) is 9.26. The second-order valence-electron chi connectivity index (χ2n) is 9.60. The number of nitrogens with two attached hydrogens (primary N) is 1. The molecule has 0 aliphatic heterocycles. The van der Waals surface area contributed by atoms with Crippen molar-refractivity contribution in [2.24, 2.45) is 0 Å². The highest BCUT2D eigenvalue weighted by Gasteiger charge is 2.33. The van der Waals surface area contributed by atoms with Gasteiger partial charge in [-0.2, -0.15) is 0 Å². The molecular formula is C34H25NS. The van der Waals surface area contributed by atoms with Gasteiger partial charge in [0.2, 0.25) is 0 Å². The molecule has 1 heterocycles. The summed E-state index contributed by atoms with van der Waals surface area (Å²) in [6.07, 6.45) is 9.99. The topological polar surface area (TPSA) is 26.0 Å². The van der Waals surface area contributed by atoms with E-state index >= 15 is 0 Å². The smallest absolute Gasteiger partial charge is 0.0426 e. The number of hydrogen-bond donors (Lipinski definition) is 1. The molecule has 0 amide bonds. The van der Waals surface area contributed by atoms with Crippen LogP contribution >= 0.6 is 11.3 Å². The van der Waals surface area contributed by atoms with Crippen molar-refractivity contribution in [1.82, 2.24) is 0 Å². The summed E-state index contributed by atoms with van der Waals surface area (Å²) in [6, 6.07) is 37.3. The van der Waals surface area contributed by atoms with Crippen LogP contribution in [0.1, 0.15) is 17.5 Å². The van der Waals surface area contributed by atoms with Crippen molar-refractivity contribution in [2.75, 3.05) is 5.73 Å². The third kappa shape index (κ3) is 3.22. The van der Waals surface area contributed by atoms with Gasteiger partial charge in [0.05, 0.1) is 0 Å². The molecule has 1 aromatic heterocycles. The van der Waals surface area contributed by atoms with Gasteiger partial charge in [-0.15, -0.1) is 11.3 Å². The summed E-state index contributed by atoms with van der Waals surface area (Å²) < 4.78 is 2.53. The van der Waals surface area contributed by atoms with Gasteiger partial charge >= 0.3 is 0 Å². The minimum absolute atomic E-state index is 0.200. The Hall–Kier alpha value is -4.14. The Balaban J connectivity index is 1.44. The summed E-state index contributed by atoms with van der Waals surface area (Å²) in [7, 11) is 0. The first-order valence-corrected chi connectivity index (χ1v) is 13.2. The molecule has 5 aromatic carbocycles. The maximum Gasteiger partial charge on any atom is 0.0426 e. The summed E-state index contributed by atoms with van der Waals surface area (Å²) in [5.74, 6) is 0. The Morgan fingerprint density at radius 2 is 1.47 bits per heavy atom. The Bertz CT molecular complexity index is 1820. The number of rotatable bonds is 3. The van der Waals surface area contributed by atoms with Gasteiger partial charge in [-0.05, 0) is 52.1 Å². The molecule has 0 radical (unpaired) electrons. The van der Waals surface area contributed by atoms with Crippen LogP contribution in [0.2, 0.25) is 0 Å². The molecule has 7 rings (SSSR count). The Morgan fingerprint density at radius 1 is 0.667 bits per heavy atom. The van der Waals surface area contributed by atoms with E-state index < -0.39 is 0 Å². The molecule has 0 saturated carbocycles. The zero-order valence-electron chi connectivity index (χ0n) is 19.8. The molecule has 1 nitrogen and oxygen atoms in total. The van der Waals surface area contributed by atoms with Gasteiger partial charge in [0, 0.05) is 36.8 Å². The van der Waals surface area contributed by atoms with E-state index in [1.54, 1.807) is 0 Å². The van der Waals surface area contributed by atoms with Crippen LogP contribution in [0, 0.1) is 0 Å². The van der Waals surface area contributed by atoms with Crippen LogP contribution in [0.15, 0.2) is 127 Å². The molecule has 1 unspecified atom stereocenters. The summed E-state index contributed by atoms with van der Waals surface area (Å²) in [5, 5.41) is 5.16. The molecular weight excluding hydrogens is 454 g/mol. The fourth-order valence-corrected chi connectivity index (χ4v) is 6.96. The zero-order valence-corrected chi connectivity index (χ0v) is 20.6. The second-order valence-corrected chi connectivity index (χ2v) is 10.7. The van der Waals surface area contributed by atoms with Crippen LogP contribution in [-0.2, 0) is 5.41 Å². The fraction of sp³-hybridized carbons (Fsp3) is 0.0588. The van der Waals surface area contributed by atoms with Crippen molar-refractivity contribution in [3.05, 3.63) is 139 Å². The highest BCUT2D eigenvalue weighted by atomic mass is 32.1. The minimum Gasteiger partial charge on any atom is -0.398 e. The largest absolute Gasteiger partial charge is 0.398 e. The number of benzene rings is 5. The summed E-state index contributed by atoms with van der Waals surface area (Å²) in [4.78, 5) is 0. The molecule has 1 atom stereocenters. The number of thiophene rings is 1. The van der Waals surface area contributed by atoms with E-state index in [4.69, 9.17) is 5.73 Å². The van der Waals surface area contributed by atoms with Crippen LogP contribution in [0.3, 0.4) is 0 Å². The molecule has 36 heavy (non-hydrogen) atoms. The number of hydrogen-bond acceptors (Lipinski definition) is 2. The average Bonchev–Trinajstić information content (AvgIpc) is 3.29. The highest BCUT2D eigenvalue weighted by Crippen LogP contribution is 2.46. The lowest BCUT2D eigenvalue weighted by atomic mass is 9.69. The van der Waals surface area contributed by atoms with Crippen molar-refractivity contribution in [2.45, 2.75) is 11.8 Å². The van der Waals surface area contributed by atoms with Gasteiger partial charge in [0.1, 0.15) is 0 Å². The molecule has 1 aliphatic carbocycles. The molecule has 1 aliphatic rings. The molecule has 172 valence electrons. The summed E-state index contributed by atoms with van der Waals surface area (Å²) in [5.41, 5.74) is 12.1. The molecule has 0 saturated heterocycles. The lowest BCUT2D eigenvalue weighted by molar-refractivity contribution is 0.654. The van der Waals surface area contributed by atoms with E-state index in [0.717, 1.165) is 23.2 Å². The van der Waals surface area contributed by atoms with E-state index in [2.05, 4.69) is 121 Å². The average molecular weight is 480 g/mol. The van der Waals surface area contributed by atoms with E-state index in [1.807, 2.05) is 17.4 Å². The zero-order chi connectivity index (χ0) is 24.1. The number of allylic oxidation sites excluding steroid dienone is 4. The summed E-state index contributed by atoms with van der Waals surface area (Å²) in [6.45, 7) is 0. The number of fused-ring (bicyclic) bond motifs is 4. The predicted molar refractivity (Wildman–Crippen MR) is 157 cm³/mol. The SMILES string of the molecule is Nc1cc2sc3cc(C4(c5cccc6ccccc56)C=CC=CC4)ccc3c2cc1-c1ccccc1. The first-order chi connectivity index (χ1) is 17.7. The first kappa shape index (κ1) is 21.2. The van der Waals surface area contributed by atoms with Gasteiger partial charge < -0.3 is 5.73 Å². The first-order valence-electron chi connectivity index (χ1n) is 12.4. The van der Waals surface area contributed by atoms with Crippen molar-refractivity contribution >= 4 is 48.0 Å². The quantitative estimate of drug-likeness (QED) is 0.251. The Labute approximate surface area is 214 Å². The van der Waals surface area contributed by atoms with Crippen molar-refractivity contribution in [1.29, 1.82) is 0 Å². The van der Waals surface area contributed by atoms with Crippen LogP contribution in [-0.4, -0.2) is 0 Å². The lowest BCUT2D eigenvalue weighted by Gasteiger charge is -2.34. The van der Waals surface area contributed by atoms with Crippen molar-refractivity contribution in [3.63, 3.8) is 0 Å². The normalized spacial score (nSPS) is 17.3. The Kier molecular flexibility index (Phi) is 4.83. The van der Waals surface area contributed by atoms with Crippen LogP contribution in [0.4, 0.5) is 5.69 Å². The molecule has 2 heteroatoms. The molecule has 0 fully saturated rings. The van der Waals surface area contributed by atoms with Crippen molar-refractivity contribution < 1.29 is 0 Å². The second kappa shape index (κ2) is 8.22. The van der Waals surface area contributed by atoms with Gasteiger partial charge in [0.25, 0.3) is 0 Å². The lowest BCUT2D eigenvalue weighted by Crippen LogP contribution is -2.26. The number of nitrogen functional groups attached to an aromatic ring is 1. The van der Waals surface area contributed by atoms with Gasteiger partial charge in [-0.25, -0.2) is 0 Å². The van der Waals surface area contributed by atoms with Crippen LogP contribution in [0.25, 0.3) is 42.1 Å². The van der Waals surface area contributed by atoms with E-state index in [9.17, 15) is 0 Å². The highest BCUT2D eigenvalue weighted by molar-refractivity contribution is 7.25. The maximum atomic E-state index is 6.53. The third-order valence-electron chi connectivity index (χ3n) is 7.58. The van der Waals surface area contributed by atoms with Crippen LogP contribution in [0.5, 0.6) is 0 Å². The number of anilines is 1. The minimum atomic E-state index is -0.200. The molecule has 6 aromatic rings. The molecule has 2 N–H and O–H groups in total. The fourth-order valence-electron chi connectivity index (χ4n) is 5.79. The third-order valence-corrected chi connectivity index (χ3v) is 8.70. The monoisotopic (exact) mass is 479 g/mol. The van der Waals surface area contributed by atoms with Gasteiger partial charge in [-0.1, -0.05) is 109 Å². The van der Waals surface area contributed by atoms with Gasteiger partial charge in [-0.3, -0.25) is 0 Å². The molecule has 0 bridgehead atoms. The van der Waals surface area contributed by atoms with Crippen LogP contribution < -0.4 is 5.73 Å². The Morgan fingerprint density at radius 3 is 2.33 bits per heavy atom. The van der Waals surface area contributed by atoms with Crippen molar-refractivity contribution in [3.8, 4) is 11.1 Å². The van der Waals surface area contributed by atoms with E-state index in [-0.39, 0.29) is 5.41 Å². The standard InChI is InChI=1S/C34H25NS/c35-31-22-33-29(21-28(31)24-10-3-1-4-11-24)27-17-16-25(20-32(27)36-33)34(18-7-2-8-19-34)30-15-9-13-23-12-5-6-14-26(23)30/h1-18,20-22H,19,35H2. The van der Waals surface area contributed by atoms with E-state index in [0.29, 0.717) is 0 Å².